The Kier molecular flexibility index (Phi) is 2.81. The van der Waals surface area contributed by atoms with Crippen molar-refractivity contribution in [1.82, 2.24) is 10.2 Å². The molecule has 18 heavy (non-hydrogen) atoms. The van der Waals surface area contributed by atoms with Crippen molar-refractivity contribution < 1.29 is 5.11 Å². The molecule has 2 aromatic rings. The Morgan fingerprint density at radius 3 is 2.39 bits per heavy atom. The first-order valence-electron chi connectivity index (χ1n) is 5.94. The number of aromatic amines is 1. The number of aromatic hydroxyl groups is 1. The van der Waals surface area contributed by atoms with E-state index in [4.69, 9.17) is 5.73 Å². The second-order valence-electron chi connectivity index (χ2n) is 5.64. The number of rotatable bonds is 1. The van der Waals surface area contributed by atoms with Gasteiger partial charge in [-0.25, -0.2) is 0 Å². The molecular formula is C14H19N3O. The number of benzene rings is 1. The van der Waals surface area contributed by atoms with Crippen LogP contribution in [0.15, 0.2) is 18.2 Å². The third kappa shape index (κ3) is 2.18. The zero-order chi connectivity index (χ0) is 13.5. The molecule has 0 saturated heterocycles. The van der Waals surface area contributed by atoms with Crippen molar-refractivity contribution in [3.63, 3.8) is 0 Å². The highest BCUT2D eigenvalue weighted by Gasteiger charge is 2.20. The maximum absolute atomic E-state index is 10.2. The van der Waals surface area contributed by atoms with Crippen LogP contribution in [0.3, 0.4) is 0 Å². The van der Waals surface area contributed by atoms with E-state index in [1.807, 2.05) is 13.0 Å². The Morgan fingerprint density at radius 1 is 1.22 bits per heavy atom. The number of H-pyrrole nitrogens is 1. The molecule has 0 fully saturated rings. The van der Waals surface area contributed by atoms with E-state index < -0.39 is 0 Å². The fourth-order valence-corrected chi connectivity index (χ4v) is 2.06. The van der Waals surface area contributed by atoms with Crippen molar-refractivity contribution >= 4 is 5.82 Å². The largest absolute Gasteiger partial charge is 0.508 e. The van der Waals surface area contributed by atoms with Gasteiger partial charge in [0.2, 0.25) is 0 Å². The van der Waals surface area contributed by atoms with Gasteiger partial charge in [0.05, 0.1) is 5.69 Å². The third-order valence-corrected chi connectivity index (χ3v) is 3.04. The number of hydrogen-bond acceptors (Lipinski definition) is 3. The van der Waals surface area contributed by atoms with Crippen LogP contribution in [0.4, 0.5) is 5.82 Å². The van der Waals surface area contributed by atoms with Crippen LogP contribution in [0.1, 0.15) is 31.9 Å². The van der Waals surface area contributed by atoms with Crippen molar-refractivity contribution in [2.75, 3.05) is 5.73 Å². The van der Waals surface area contributed by atoms with Gasteiger partial charge in [-0.2, -0.15) is 5.10 Å². The minimum atomic E-state index is -0.0829. The van der Waals surface area contributed by atoms with Crippen LogP contribution in [0.2, 0.25) is 0 Å². The van der Waals surface area contributed by atoms with E-state index in [9.17, 15) is 5.11 Å². The molecule has 0 spiro atoms. The van der Waals surface area contributed by atoms with Crippen LogP contribution in [-0.4, -0.2) is 15.3 Å². The monoisotopic (exact) mass is 245 g/mol. The van der Waals surface area contributed by atoms with Crippen LogP contribution >= 0.6 is 0 Å². The van der Waals surface area contributed by atoms with E-state index in [0.717, 1.165) is 22.4 Å². The molecule has 0 unspecified atom stereocenters. The van der Waals surface area contributed by atoms with E-state index in [1.54, 1.807) is 12.1 Å². The third-order valence-electron chi connectivity index (χ3n) is 3.04. The van der Waals surface area contributed by atoms with Crippen LogP contribution in [-0.2, 0) is 5.41 Å². The molecule has 4 heteroatoms. The lowest BCUT2D eigenvalue weighted by Crippen LogP contribution is -2.11. The lowest BCUT2D eigenvalue weighted by molar-refractivity contribution is 0.446. The molecule has 0 aliphatic rings. The number of phenolic OH excluding ortho intramolecular Hbond substituents is 1. The number of nitrogens with two attached hydrogens (primary N) is 1. The quantitative estimate of drug-likeness (QED) is 0.723. The van der Waals surface area contributed by atoms with Crippen molar-refractivity contribution in [3.05, 3.63) is 29.3 Å². The molecular weight excluding hydrogens is 226 g/mol. The number of phenols is 1. The fourth-order valence-electron chi connectivity index (χ4n) is 2.06. The summed E-state index contributed by atoms with van der Waals surface area (Å²) in [7, 11) is 0. The summed E-state index contributed by atoms with van der Waals surface area (Å²) in [4.78, 5) is 0. The second-order valence-corrected chi connectivity index (χ2v) is 5.64. The SMILES string of the molecule is Cc1cc(C(C)(C)C)c(O)cc1-c1cc(N)n[nH]1. The van der Waals surface area contributed by atoms with Gasteiger partial charge in [0.1, 0.15) is 11.6 Å². The van der Waals surface area contributed by atoms with Crippen LogP contribution in [0.25, 0.3) is 11.3 Å². The number of aryl methyl sites for hydroxylation is 1. The average Bonchev–Trinajstić information content (AvgIpc) is 2.66. The fraction of sp³-hybridized carbons (Fsp3) is 0.357. The highest BCUT2D eigenvalue weighted by atomic mass is 16.3. The second kappa shape index (κ2) is 4.05. The van der Waals surface area contributed by atoms with E-state index in [-0.39, 0.29) is 5.41 Å². The van der Waals surface area contributed by atoms with Crippen molar-refractivity contribution in [3.8, 4) is 17.0 Å². The van der Waals surface area contributed by atoms with Gasteiger partial charge >= 0.3 is 0 Å². The number of aromatic nitrogens is 2. The molecule has 96 valence electrons. The van der Waals surface area contributed by atoms with E-state index in [1.165, 1.54) is 0 Å². The smallest absolute Gasteiger partial charge is 0.145 e. The van der Waals surface area contributed by atoms with Gasteiger partial charge in [-0.05, 0) is 29.5 Å². The molecule has 0 aliphatic heterocycles. The van der Waals surface area contributed by atoms with E-state index in [0.29, 0.717) is 11.6 Å². The normalized spacial score (nSPS) is 11.8. The molecule has 4 N–H and O–H groups in total. The zero-order valence-corrected chi connectivity index (χ0v) is 11.2. The highest BCUT2D eigenvalue weighted by Crippen LogP contribution is 2.36. The summed E-state index contributed by atoms with van der Waals surface area (Å²) in [6.07, 6.45) is 0. The number of nitrogens with zero attached hydrogens (tertiary/aromatic N) is 1. The Morgan fingerprint density at radius 2 is 1.89 bits per heavy atom. The Balaban J connectivity index is 2.56. The van der Waals surface area contributed by atoms with Gasteiger partial charge in [0.15, 0.2) is 0 Å². The molecule has 0 bridgehead atoms. The first-order chi connectivity index (χ1) is 8.29. The maximum Gasteiger partial charge on any atom is 0.145 e. The summed E-state index contributed by atoms with van der Waals surface area (Å²) in [5, 5.41) is 16.9. The molecule has 1 aromatic carbocycles. The van der Waals surface area contributed by atoms with Gasteiger partial charge < -0.3 is 10.8 Å². The van der Waals surface area contributed by atoms with Gasteiger partial charge in [0, 0.05) is 11.6 Å². The summed E-state index contributed by atoms with van der Waals surface area (Å²) in [6, 6.07) is 5.54. The minimum absolute atomic E-state index is 0.0829. The average molecular weight is 245 g/mol. The van der Waals surface area contributed by atoms with Gasteiger partial charge in [0.25, 0.3) is 0 Å². The topological polar surface area (TPSA) is 74.9 Å². The van der Waals surface area contributed by atoms with Crippen molar-refractivity contribution in [2.24, 2.45) is 0 Å². The summed E-state index contributed by atoms with van der Waals surface area (Å²) in [5.74, 6) is 0.750. The molecule has 0 amide bonds. The van der Waals surface area contributed by atoms with Crippen molar-refractivity contribution in [1.29, 1.82) is 0 Å². The molecule has 0 atom stereocenters. The summed E-state index contributed by atoms with van der Waals surface area (Å²) in [6.45, 7) is 8.25. The molecule has 0 saturated carbocycles. The van der Waals surface area contributed by atoms with E-state index in [2.05, 4.69) is 31.0 Å². The Bertz CT molecular complexity index is 579. The minimum Gasteiger partial charge on any atom is -0.508 e. The van der Waals surface area contributed by atoms with Crippen LogP contribution in [0.5, 0.6) is 5.75 Å². The predicted molar refractivity (Wildman–Crippen MR) is 73.5 cm³/mol. The van der Waals surface area contributed by atoms with Gasteiger partial charge in [-0.15, -0.1) is 0 Å². The number of hydrogen-bond donors (Lipinski definition) is 3. The first kappa shape index (κ1) is 12.5. The van der Waals surface area contributed by atoms with Gasteiger partial charge in [-0.1, -0.05) is 26.8 Å². The Labute approximate surface area is 107 Å². The Hall–Kier alpha value is -1.97. The highest BCUT2D eigenvalue weighted by molar-refractivity contribution is 5.68. The molecule has 0 aliphatic carbocycles. The molecule has 1 heterocycles. The van der Waals surface area contributed by atoms with E-state index >= 15 is 0 Å². The first-order valence-corrected chi connectivity index (χ1v) is 5.94. The standard InChI is InChI=1S/C14H19N3O/c1-8-5-10(14(2,3)4)12(18)6-9(8)11-7-13(15)17-16-11/h5-7,18H,1-4H3,(H3,15,16,17). The summed E-state index contributed by atoms with van der Waals surface area (Å²) < 4.78 is 0. The lowest BCUT2D eigenvalue weighted by atomic mass is 9.84. The summed E-state index contributed by atoms with van der Waals surface area (Å²) >= 11 is 0. The number of nitrogens with one attached hydrogen (secondary N) is 1. The zero-order valence-electron chi connectivity index (χ0n) is 11.2. The summed E-state index contributed by atoms with van der Waals surface area (Å²) in [5.41, 5.74) is 9.28. The van der Waals surface area contributed by atoms with Crippen LogP contribution in [0, 0.1) is 6.92 Å². The number of anilines is 1. The predicted octanol–water partition coefficient (Wildman–Crippen LogP) is 2.97. The molecule has 4 nitrogen and oxygen atoms in total. The molecule has 2 rings (SSSR count). The maximum atomic E-state index is 10.2. The molecule has 0 radical (unpaired) electrons. The molecule has 1 aromatic heterocycles. The lowest BCUT2D eigenvalue weighted by Gasteiger charge is -2.22. The van der Waals surface area contributed by atoms with Crippen molar-refractivity contribution in [2.45, 2.75) is 33.1 Å². The van der Waals surface area contributed by atoms with Gasteiger partial charge in [-0.3, -0.25) is 5.10 Å². The van der Waals surface area contributed by atoms with Crippen LogP contribution < -0.4 is 5.73 Å². The number of nitrogen functional groups attached to an aromatic ring is 1.